The van der Waals surface area contributed by atoms with E-state index in [2.05, 4.69) is 13.8 Å². The highest BCUT2D eigenvalue weighted by molar-refractivity contribution is 6.31. The van der Waals surface area contributed by atoms with Crippen LogP contribution in [-0.2, 0) is 11.3 Å². The molecular weight excluding hydrogens is 284 g/mol. The summed E-state index contributed by atoms with van der Waals surface area (Å²) in [6.45, 7) is 5.63. The monoisotopic (exact) mass is 310 g/mol. The lowest BCUT2D eigenvalue weighted by Gasteiger charge is -2.22. The number of nitrogens with zero attached hydrogens (tertiary/aromatic N) is 1. The van der Waals surface area contributed by atoms with Gasteiger partial charge in [0, 0.05) is 25.0 Å². The molecule has 3 nitrogen and oxygen atoms in total. The second kappa shape index (κ2) is 9.06. The van der Waals surface area contributed by atoms with Gasteiger partial charge in [-0.05, 0) is 42.9 Å². The first-order valence-electron chi connectivity index (χ1n) is 7.63. The SMILES string of the molecule is CC(C)C(CCN)CCC(=O)N(C)Cc1ccccc1Cl. The molecule has 0 bridgehead atoms. The molecule has 0 saturated heterocycles. The molecule has 1 amide bonds. The molecule has 0 fully saturated rings. The number of nitrogens with two attached hydrogens (primary N) is 1. The molecule has 21 heavy (non-hydrogen) atoms. The number of carbonyl (C=O) groups is 1. The van der Waals surface area contributed by atoms with Crippen molar-refractivity contribution in [2.45, 2.75) is 39.7 Å². The van der Waals surface area contributed by atoms with Crippen molar-refractivity contribution in [3.63, 3.8) is 0 Å². The Kier molecular flexibility index (Phi) is 7.76. The number of carbonyl (C=O) groups excluding carboxylic acids is 1. The summed E-state index contributed by atoms with van der Waals surface area (Å²) < 4.78 is 0. The van der Waals surface area contributed by atoms with E-state index in [1.807, 2.05) is 31.3 Å². The van der Waals surface area contributed by atoms with E-state index in [-0.39, 0.29) is 5.91 Å². The van der Waals surface area contributed by atoms with Crippen LogP contribution in [0.1, 0.15) is 38.7 Å². The fourth-order valence-corrected chi connectivity index (χ4v) is 2.69. The van der Waals surface area contributed by atoms with Crippen molar-refractivity contribution in [1.82, 2.24) is 4.90 Å². The van der Waals surface area contributed by atoms with E-state index in [4.69, 9.17) is 17.3 Å². The highest BCUT2D eigenvalue weighted by Crippen LogP contribution is 2.22. The third-order valence-corrected chi connectivity index (χ3v) is 4.37. The van der Waals surface area contributed by atoms with Gasteiger partial charge in [-0.15, -0.1) is 0 Å². The van der Waals surface area contributed by atoms with E-state index in [9.17, 15) is 4.79 Å². The van der Waals surface area contributed by atoms with Crippen LogP contribution in [0.3, 0.4) is 0 Å². The van der Waals surface area contributed by atoms with Crippen molar-refractivity contribution in [3.05, 3.63) is 34.9 Å². The van der Waals surface area contributed by atoms with Gasteiger partial charge in [-0.25, -0.2) is 0 Å². The van der Waals surface area contributed by atoms with Crippen LogP contribution in [0.5, 0.6) is 0 Å². The Balaban J connectivity index is 2.49. The average Bonchev–Trinajstić information content (AvgIpc) is 2.45. The van der Waals surface area contributed by atoms with Crippen LogP contribution in [0, 0.1) is 11.8 Å². The topological polar surface area (TPSA) is 46.3 Å². The van der Waals surface area contributed by atoms with Crippen molar-refractivity contribution in [1.29, 1.82) is 0 Å². The Morgan fingerprint density at radius 3 is 2.52 bits per heavy atom. The summed E-state index contributed by atoms with van der Waals surface area (Å²) in [6.07, 6.45) is 2.46. The number of hydrogen-bond donors (Lipinski definition) is 1. The highest BCUT2D eigenvalue weighted by atomic mass is 35.5. The molecule has 0 heterocycles. The minimum Gasteiger partial charge on any atom is -0.341 e. The molecule has 0 aliphatic rings. The zero-order chi connectivity index (χ0) is 15.8. The van der Waals surface area contributed by atoms with Crippen molar-refractivity contribution in [2.24, 2.45) is 17.6 Å². The minimum atomic E-state index is 0.164. The number of amides is 1. The van der Waals surface area contributed by atoms with Crippen LogP contribution < -0.4 is 5.73 Å². The van der Waals surface area contributed by atoms with E-state index in [0.717, 1.165) is 18.4 Å². The molecule has 4 heteroatoms. The Labute approximate surface area is 133 Å². The standard InChI is InChI=1S/C17H27ClN2O/c1-13(2)14(10-11-19)8-9-17(21)20(3)12-15-6-4-5-7-16(15)18/h4-7,13-14H,8-12,19H2,1-3H3. The second-order valence-electron chi connectivity index (χ2n) is 5.96. The minimum absolute atomic E-state index is 0.164. The Bertz CT molecular complexity index is 448. The van der Waals surface area contributed by atoms with E-state index < -0.39 is 0 Å². The first-order chi connectivity index (χ1) is 9.95. The lowest BCUT2D eigenvalue weighted by atomic mass is 9.88. The Hall–Kier alpha value is -1.06. The predicted molar refractivity (Wildman–Crippen MR) is 89.2 cm³/mol. The number of benzene rings is 1. The van der Waals surface area contributed by atoms with Gasteiger partial charge in [0.25, 0.3) is 0 Å². The van der Waals surface area contributed by atoms with Gasteiger partial charge in [0.2, 0.25) is 5.91 Å². The summed E-state index contributed by atoms with van der Waals surface area (Å²) >= 11 is 6.13. The predicted octanol–water partition coefficient (Wildman–Crippen LogP) is 3.70. The lowest BCUT2D eigenvalue weighted by molar-refractivity contribution is -0.130. The quantitative estimate of drug-likeness (QED) is 0.796. The van der Waals surface area contributed by atoms with Gasteiger partial charge in [-0.3, -0.25) is 4.79 Å². The van der Waals surface area contributed by atoms with E-state index in [1.54, 1.807) is 4.90 Å². The van der Waals surface area contributed by atoms with Crippen molar-refractivity contribution < 1.29 is 4.79 Å². The summed E-state index contributed by atoms with van der Waals surface area (Å²) in [5.74, 6) is 1.25. The van der Waals surface area contributed by atoms with Crippen molar-refractivity contribution in [3.8, 4) is 0 Å². The molecule has 0 aromatic heterocycles. The maximum Gasteiger partial charge on any atom is 0.222 e. The molecular formula is C17H27ClN2O. The molecule has 0 saturated carbocycles. The van der Waals surface area contributed by atoms with Gasteiger partial charge >= 0.3 is 0 Å². The molecule has 118 valence electrons. The molecule has 1 aromatic carbocycles. The third kappa shape index (κ3) is 6.06. The van der Waals surface area contributed by atoms with Gasteiger partial charge in [-0.1, -0.05) is 43.6 Å². The summed E-state index contributed by atoms with van der Waals surface area (Å²) in [5.41, 5.74) is 6.63. The fraction of sp³-hybridized carbons (Fsp3) is 0.588. The summed E-state index contributed by atoms with van der Waals surface area (Å²) in [7, 11) is 1.83. The first kappa shape index (κ1) is 18.0. The number of halogens is 1. The van der Waals surface area contributed by atoms with Crippen molar-refractivity contribution >= 4 is 17.5 Å². The van der Waals surface area contributed by atoms with Crippen LogP contribution in [0.25, 0.3) is 0 Å². The molecule has 2 N–H and O–H groups in total. The van der Waals surface area contributed by atoms with Crippen LogP contribution in [-0.4, -0.2) is 24.4 Å². The first-order valence-corrected chi connectivity index (χ1v) is 8.01. The Morgan fingerprint density at radius 2 is 1.95 bits per heavy atom. The smallest absolute Gasteiger partial charge is 0.222 e. The summed E-state index contributed by atoms with van der Waals surface area (Å²) in [4.78, 5) is 14.0. The van der Waals surface area contributed by atoms with E-state index in [0.29, 0.717) is 36.4 Å². The normalized spacial score (nSPS) is 12.5. The van der Waals surface area contributed by atoms with Gasteiger partial charge in [0.1, 0.15) is 0 Å². The van der Waals surface area contributed by atoms with Crippen LogP contribution in [0.4, 0.5) is 0 Å². The summed E-state index contributed by atoms with van der Waals surface area (Å²) in [5, 5.41) is 0.709. The number of hydrogen-bond acceptors (Lipinski definition) is 2. The summed E-state index contributed by atoms with van der Waals surface area (Å²) in [6, 6.07) is 7.64. The van der Waals surface area contributed by atoms with Crippen LogP contribution in [0.2, 0.25) is 5.02 Å². The molecule has 0 spiro atoms. The molecule has 0 aliphatic carbocycles. The Morgan fingerprint density at radius 1 is 1.29 bits per heavy atom. The fourth-order valence-electron chi connectivity index (χ4n) is 2.50. The van der Waals surface area contributed by atoms with Gasteiger partial charge in [0.05, 0.1) is 0 Å². The largest absolute Gasteiger partial charge is 0.341 e. The molecule has 1 unspecified atom stereocenters. The third-order valence-electron chi connectivity index (χ3n) is 4.00. The van der Waals surface area contributed by atoms with E-state index in [1.165, 1.54) is 0 Å². The number of rotatable bonds is 8. The molecule has 0 radical (unpaired) electrons. The maximum absolute atomic E-state index is 12.2. The van der Waals surface area contributed by atoms with Crippen LogP contribution >= 0.6 is 11.6 Å². The molecule has 0 aliphatic heterocycles. The van der Waals surface area contributed by atoms with Gasteiger partial charge in [-0.2, -0.15) is 0 Å². The second-order valence-corrected chi connectivity index (χ2v) is 6.37. The van der Waals surface area contributed by atoms with Crippen LogP contribution in [0.15, 0.2) is 24.3 Å². The van der Waals surface area contributed by atoms with Gasteiger partial charge < -0.3 is 10.6 Å². The lowest BCUT2D eigenvalue weighted by Crippen LogP contribution is -2.27. The zero-order valence-corrected chi connectivity index (χ0v) is 14.1. The molecule has 1 rings (SSSR count). The van der Waals surface area contributed by atoms with Gasteiger partial charge in [0.15, 0.2) is 0 Å². The highest BCUT2D eigenvalue weighted by Gasteiger charge is 2.16. The zero-order valence-electron chi connectivity index (χ0n) is 13.3. The van der Waals surface area contributed by atoms with Crippen molar-refractivity contribution in [2.75, 3.05) is 13.6 Å². The van der Waals surface area contributed by atoms with E-state index >= 15 is 0 Å². The maximum atomic E-state index is 12.2. The average molecular weight is 311 g/mol. The molecule has 1 aromatic rings. The molecule has 1 atom stereocenters.